The molecule has 2 aromatic rings. The van der Waals surface area contributed by atoms with Crippen LogP contribution in [0.15, 0.2) is 42.5 Å². The lowest BCUT2D eigenvalue weighted by Gasteiger charge is -2.41. The molecule has 2 N–H and O–H groups in total. The number of benzene rings is 2. The lowest BCUT2D eigenvalue weighted by atomic mass is 10.0. The Hall–Kier alpha value is -1.87. The van der Waals surface area contributed by atoms with E-state index in [1.165, 1.54) is 5.56 Å². The van der Waals surface area contributed by atoms with Gasteiger partial charge < -0.3 is 15.4 Å². The molecule has 1 aliphatic rings. The van der Waals surface area contributed by atoms with Gasteiger partial charge >= 0.3 is 0 Å². The molecule has 0 aromatic heterocycles. The van der Waals surface area contributed by atoms with Crippen LogP contribution < -0.4 is 15.4 Å². The van der Waals surface area contributed by atoms with Gasteiger partial charge in [0.15, 0.2) is 0 Å². The first-order chi connectivity index (χ1) is 9.94. The maximum absolute atomic E-state index is 6.16. The van der Waals surface area contributed by atoms with Crippen molar-refractivity contribution in [1.82, 2.24) is 0 Å². The topological polar surface area (TPSA) is 38.5 Å². The van der Waals surface area contributed by atoms with Crippen LogP contribution in [0.4, 0.5) is 11.4 Å². The molecule has 0 saturated carbocycles. The summed E-state index contributed by atoms with van der Waals surface area (Å²) in [6.07, 6.45) is 0. The molecular formula is C17H19ClN2O. The molecule has 4 heteroatoms. The van der Waals surface area contributed by atoms with E-state index in [1.807, 2.05) is 42.5 Å². The van der Waals surface area contributed by atoms with Crippen molar-refractivity contribution in [2.75, 3.05) is 17.2 Å². The highest BCUT2D eigenvalue weighted by Gasteiger charge is 2.32. The van der Waals surface area contributed by atoms with Gasteiger partial charge in [-0.2, -0.15) is 0 Å². The number of nitrogens with zero attached hydrogens (tertiary/aromatic N) is 1. The van der Waals surface area contributed by atoms with E-state index in [2.05, 4.69) is 18.7 Å². The molecule has 0 aliphatic carbocycles. The van der Waals surface area contributed by atoms with Crippen LogP contribution in [0.5, 0.6) is 5.75 Å². The Bertz CT molecular complexity index is 652. The zero-order valence-electron chi connectivity index (χ0n) is 12.3. The lowest BCUT2D eigenvalue weighted by molar-refractivity contribution is 0.105. The smallest absolute Gasteiger partial charge is 0.145 e. The molecule has 0 bridgehead atoms. The second-order valence-electron chi connectivity index (χ2n) is 6.04. The normalized spacial score (nSPS) is 16.2. The fourth-order valence-corrected chi connectivity index (χ4v) is 2.90. The number of fused-ring (bicyclic) bond motifs is 1. The van der Waals surface area contributed by atoms with Crippen molar-refractivity contribution in [1.29, 1.82) is 0 Å². The molecule has 0 fully saturated rings. The summed E-state index contributed by atoms with van der Waals surface area (Å²) >= 11 is 5.95. The van der Waals surface area contributed by atoms with E-state index >= 15 is 0 Å². The number of anilines is 2. The number of rotatable bonds is 2. The quantitative estimate of drug-likeness (QED) is 0.849. The number of nitrogens with two attached hydrogens (primary N) is 1. The van der Waals surface area contributed by atoms with E-state index in [1.54, 1.807) is 0 Å². The van der Waals surface area contributed by atoms with Crippen LogP contribution in [0.3, 0.4) is 0 Å². The molecule has 1 heterocycles. The molecule has 1 aliphatic heterocycles. The molecule has 110 valence electrons. The molecular weight excluding hydrogens is 284 g/mol. The molecule has 0 spiro atoms. The van der Waals surface area contributed by atoms with Crippen molar-refractivity contribution >= 4 is 23.0 Å². The van der Waals surface area contributed by atoms with Crippen molar-refractivity contribution in [3.63, 3.8) is 0 Å². The van der Waals surface area contributed by atoms with Gasteiger partial charge in [0.1, 0.15) is 17.0 Å². The van der Waals surface area contributed by atoms with Crippen LogP contribution >= 0.6 is 11.6 Å². The van der Waals surface area contributed by atoms with E-state index in [-0.39, 0.29) is 5.60 Å². The summed E-state index contributed by atoms with van der Waals surface area (Å²) < 4.78 is 6.04. The fraction of sp³-hybridized carbons (Fsp3) is 0.294. The van der Waals surface area contributed by atoms with Gasteiger partial charge in [-0.05, 0) is 43.7 Å². The minimum Gasteiger partial charge on any atom is -0.484 e. The van der Waals surface area contributed by atoms with Gasteiger partial charge in [-0.25, -0.2) is 0 Å². The van der Waals surface area contributed by atoms with Gasteiger partial charge in [0, 0.05) is 11.6 Å². The Balaban J connectivity index is 1.96. The Kier molecular flexibility index (Phi) is 3.46. The molecule has 3 rings (SSSR count). The van der Waals surface area contributed by atoms with Gasteiger partial charge in [-0.1, -0.05) is 29.8 Å². The number of para-hydroxylation sites is 1. The Labute approximate surface area is 130 Å². The third kappa shape index (κ3) is 2.93. The number of hydrogen-bond acceptors (Lipinski definition) is 3. The first kappa shape index (κ1) is 14.1. The van der Waals surface area contributed by atoms with Crippen LogP contribution in [-0.4, -0.2) is 12.1 Å². The van der Waals surface area contributed by atoms with Crippen LogP contribution in [-0.2, 0) is 6.54 Å². The molecule has 3 nitrogen and oxygen atoms in total. The monoisotopic (exact) mass is 302 g/mol. The maximum Gasteiger partial charge on any atom is 0.145 e. The summed E-state index contributed by atoms with van der Waals surface area (Å²) in [6.45, 7) is 5.75. The fourth-order valence-electron chi connectivity index (χ4n) is 2.77. The number of nitrogen functional groups attached to an aromatic ring is 1. The van der Waals surface area contributed by atoms with Gasteiger partial charge in [0.25, 0.3) is 0 Å². The zero-order chi connectivity index (χ0) is 15.0. The summed E-state index contributed by atoms with van der Waals surface area (Å²) in [7, 11) is 0. The molecule has 0 atom stereocenters. The molecule has 2 aromatic carbocycles. The van der Waals surface area contributed by atoms with E-state index in [9.17, 15) is 0 Å². The first-order valence-corrected chi connectivity index (χ1v) is 7.39. The van der Waals surface area contributed by atoms with Gasteiger partial charge in [-0.15, -0.1) is 0 Å². The largest absolute Gasteiger partial charge is 0.484 e. The van der Waals surface area contributed by atoms with E-state index in [0.717, 1.165) is 35.2 Å². The highest BCUT2D eigenvalue weighted by Crippen LogP contribution is 2.41. The van der Waals surface area contributed by atoms with Crippen LogP contribution in [0.2, 0.25) is 5.02 Å². The van der Waals surface area contributed by atoms with Crippen molar-refractivity contribution in [3.05, 3.63) is 53.1 Å². The SMILES string of the molecule is CC1(C)CN(Cc2ccc(Cl)cc2)c2c(N)cccc2O1. The average molecular weight is 303 g/mol. The molecule has 0 saturated heterocycles. The van der Waals surface area contributed by atoms with Gasteiger partial charge in [0.2, 0.25) is 0 Å². The summed E-state index contributed by atoms with van der Waals surface area (Å²) in [5.41, 5.74) is 8.84. The molecule has 0 amide bonds. The van der Waals surface area contributed by atoms with Crippen LogP contribution in [0.25, 0.3) is 0 Å². The summed E-state index contributed by atoms with van der Waals surface area (Å²) in [4.78, 5) is 2.28. The maximum atomic E-state index is 6.16. The second kappa shape index (κ2) is 5.15. The molecule has 21 heavy (non-hydrogen) atoms. The van der Waals surface area contributed by atoms with Crippen LogP contribution in [0.1, 0.15) is 19.4 Å². The van der Waals surface area contributed by atoms with Crippen molar-refractivity contribution in [2.45, 2.75) is 26.0 Å². The van der Waals surface area contributed by atoms with E-state index < -0.39 is 0 Å². The number of ether oxygens (including phenoxy) is 1. The Morgan fingerprint density at radius 2 is 1.90 bits per heavy atom. The molecule has 0 unspecified atom stereocenters. The highest BCUT2D eigenvalue weighted by atomic mass is 35.5. The standard InChI is InChI=1S/C17H19ClN2O/c1-17(2)11-20(10-12-6-8-13(18)9-7-12)16-14(19)4-3-5-15(16)21-17/h3-9H,10-11,19H2,1-2H3. The van der Waals surface area contributed by atoms with E-state index in [0.29, 0.717) is 0 Å². The van der Waals surface area contributed by atoms with Gasteiger partial charge in [0.05, 0.1) is 12.2 Å². The summed E-state index contributed by atoms with van der Waals surface area (Å²) in [5.74, 6) is 0.847. The predicted octanol–water partition coefficient (Wildman–Crippen LogP) is 4.10. The molecule has 0 radical (unpaired) electrons. The van der Waals surface area contributed by atoms with Gasteiger partial charge in [-0.3, -0.25) is 0 Å². The minimum atomic E-state index is -0.243. The zero-order valence-corrected chi connectivity index (χ0v) is 13.0. The summed E-state index contributed by atoms with van der Waals surface area (Å²) in [6, 6.07) is 13.7. The lowest BCUT2D eigenvalue weighted by Crippen LogP contribution is -2.46. The number of hydrogen-bond donors (Lipinski definition) is 1. The predicted molar refractivity (Wildman–Crippen MR) is 88.1 cm³/mol. The first-order valence-electron chi connectivity index (χ1n) is 7.01. The van der Waals surface area contributed by atoms with Crippen molar-refractivity contribution < 1.29 is 4.74 Å². The summed E-state index contributed by atoms with van der Waals surface area (Å²) in [5, 5.41) is 0.751. The number of halogens is 1. The Morgan fingerprint density at radius 1 is 1.19 bits per heavy atom. The third-order valence-electron chi connectivity index (χ3n) is 3.59. The minimum absolute atomic E-state index is 0.243. The van der Waals surface area contributed by atoms with E-state index in [4.69, 9.17) is 22.1 Å². The second-order valence-corrected chi connectivity index (χ2v) is 6.47. The highest BCUT2D eigenvalue weighted by molar-refractivity contribution is 6.30. The van der Waals surface area contributed by atoms with Crippen LogP contribution in [0, 0.1) is 0 Å². The third-order valence-corrected chi connectivity index (χ3v) is 3.84. The van der Waals surface area contributed by atoms with Crippen molar-refractivity contribution in [2.24, 2.45) is 0 Å². The average Bonchev–Trinajstić information content (AvgIpc) is 2.40. The van der Waals surface area contributed by atoms with Crippen molar-refractivity contribution in [3.8, 4) is 5.75 Å². The Morgan fingerprint density at radius 3 is 2.62 bits per heavy atom.